The van der Waals surface area contributed by atoms with Crippen LogP contribution >= 0.6 is 11.6 Å². The van der Waals surface area contributed by atoms with Crippen molar-refractivity contribution in [2.75, 3.05) is 61.2 Å². The van der Waals surface area contributed by atoms with Gasteiger partial charge < -0.3 is 53.1 Å². The van der Waals surface area contributed by atoms with Gasteiger partial charge in [0.15, 0.2) is 40.3 Å². The Balaban J connectivity index is 0.964. The number of unbranched alkanes of at least 4 members (excludes halogenated alkanes) is 4. The predicted molar refractivity (Wildman–Crippen MR) is 212 cm³/mol. The van der Waals surface area contributed by atoms with Gasteiger partial charge in [0, 0.05) is 27.9 Å². The minimum atomic E-state index is -0.416. The second-order valence-electron chi connectivity index (χ2n) is 12.8. The molecule has 1 aromatic heterocycles. The number of ether oxygens (including phenoxy) is 8. The van der Waals surface area contributed by atoms with Crippen LogP contribution in [0.15, 0.2) is 71.3 Å². The molecule has 1 unspecified atom stereocenters. The van der Waals surface area contributed by atoms with Crippen LogP contribution in [0.1, 0.15) is 54.2 Å². The Labute approximate surface area is 331 Å². The van der Waals surface area contributed by atoms with Crippen molar-refractivity contribution in [3.05, 3.63) is 82.9 Å². The minimum Gasteiger partial charge on any atom is -0.493 e. The Morgan fingerprint density at radius 3 is 1.86 bits per heavy atom. The number of anilines is 1. The van der Waals surface area contributed by atoms with Gasteiger partial charge in [-0.1, -0.05) is 42.1 Å². The number of nitrogens with one attached hydrogen (secondary N) is 2. The summed E-state index contributed by atoms with van der Waals surface area (Å²) in [7, 11) is 9.45. The van der Waals surface area contributed by atoms with E-state index in [0.29, 0.717) is 86.8 Å². The number of carbonyl (C=O) groups excluding carboxylic acids is 1. The fourth-order valence-electron chi connectivity index (χ4n) is 6.41. The van der Waals surface area contributed by atoms with Gasteiger partial charge in [-0.05, 0) is 73.0 Å². The number of nitrogens with zero attached hydrogens (tertiary/aromatic N) is 1. The number of hydrogen-bond acceptors (Lipinski definition) is 12. The molecule has 1 aliphatic rings. The Morgan fingerprint density at radius 1 is 0.607 bits per heavy atom. The summed E-state index contributed by atoms with van der Waals surface area (Å²) in [4.78, 5) is 12.7. The Bertz CT molecular complexity index is 2090. The predicted octanol–water partition coefficient (Wildman–Crippen LogP) is 8.98. The second-order valence-corrected chi connectivity index (χ2v) is 13.3. The summed E-state index contributed by atoms with van der Waals surface area (Å²) in [5.41, 5.74) is 4.09. The lowest BCUT2D eigenvalue weighted by Gasteiger charge is -2.28. The van der Waals surface area contributed by atoms with Crippen molar-refractivity contribution in [2.24, 2.45) is 0 Å². The number of amides is 1. The van der Waals surface area contributed by atoms with Gasteiger partial charge in [-0.2, -0.15) is 0 Å². The average molecular weight is 788 g/mol. The number of benzene rings is 4. The summed E-state index contributed by atoms with van der Waals surface area (Å²) < 4.78 is 51.4. The molecule has 1 atom stereocenters. The van der Waals surface area contributed by atoms with Crippen molar-refractivity contribution in [1.29, 1.82) is 0 Å². The highest BCUT2D eigenvalue weighted by Gasteiger charge is 2.26. The first-order chi connectivity index (χ1) is 27.3. The van der Waals surface area contributed by atoms with Crippen LogP contribution < -0.4 is 48.5 Å². The maximum Gasteiger partial charge on any atom is 0.255 e. The molecule has 0 bridgehead atoms. The normalized spacial score (nSPS) is 13.2. The molecule has 0 saturated heterocycles. The monoisotopic (exact) mass is 787 g/mol. The van der Waals surface area contributed by atoms with Crippen LogP contribution in [0.4, 0.5) is 5.69 Å². The van der Waals surface area contributed by atoms with Crippen molar-refractivity contribution >= 4 is 23.2 Å². The molecule has 5 aromatic rings. The van der Waals surface area contributed by atoms with E-state index in [0.717, 1.165) is 48.9 Å². The number of hydrogen-bond donors (Lipinski definition) is 2. The quantitative estimate of drug-likeness (QED) is 0.0772. The maximum absolute atomic E-state index is 12.7. The van der Waals surface area contributed by atoms with E-state index in [1.807, 2.05) is 36.4 Å². The van der Waals surface area contributed by atoms with E-state index in [2.05, 4.69) is 15.8 Å². The summed E-state index contributed by atoms with van der Waals surface area (Å²) >= 11 is 6.07. The van der Waals surface area contributed by atoms with E-state index in [1.165, 1.54) is 0 Å². The highest BCUT2D eigenvalue weighted by molar-refractivity contribution is 6.31. The van der Waals surface area contributed by atoms with Crippen molar-refractivity contribution in [2.45, 2.75) is 38.3 Å². The molecule has 2 N–H and O–H groups in total. The van der Waals surface area contributed by atoms with Crippen LogP contribution in [-0.2, 0) is 0 Å². The standard InChI is InChI=1S/C42H46ClN3O10/c1-48-34-18-25(41-44-30-14-13-28(43)23-29(30)42(47)45-41)12-15-32(34)54-16-10-8-7-9-11-17-55-40-37(51-4)19-26(20-38(40)52-5)31-24-33(56-46-31)27-21-35(49-2)39(53-6)36(22-27)50-3/h12-15,18-24,41,44H,7-11,16-17H2,1-6H3,(H,45,47). The minimum absolute atomic E-state index is 0.195. The first-order valence-corrected chi connectivity index (χ1v) is 18.5. The molecule has 4 aromatic carbocycles. The molecule has 0 aliphatic carbocycles. The first kappa shape index (κ1) is 39.7. The molecular formula is C42H46ClN3O10. The summed E-state index contributed by atoms with van der Waals surface area (Å²) in [5, 5.41) is 11.1. The molecule has 0 spiro atoms. The van der Waals surface area contributed by atoms with Crippen molar-refractivity contribution < 1.29 is 47.2 Å². The number of rotatable bonds is 19. The third-order valence-corrected chi connectivity index (χ3v) is 9.57. The third kappa shape index (κ3) is 8.94. The lowest BCUT2D eigenvalue weighted by atomic mass is 10.1. The smallest absolute Gasteiger partial charge is 0.255 e. The molecule has 14 heteroatoms. The fourth-order valence-corrected chi connectivity index (χ4v) is 6.58. The zero-order chi connectivity index (χ0) is 39.6. The molecule has 13 nitrogen and oxygen atoms in total. The fraction of sp³-hybridized carbons (Fsp3) is 0.333. The van der Waals surface area contributed by atoms with E-state index in [4.69, 9.17) is 54.0 Å². The molecule has 56 heavy (non-hydrogen) atoms. The highest BCUT2D eigenvalue weighted by Crippen LogP contribution is 2.44. The number of halogens is 1. The average Bonchev–Trinajstić information content (AvgIpc) is 3.73. The number of carbonyl (C=O) groups is 1. The van der Waals surface area contributed by atoms with Gasteiger partial charge in [0.1, 0.15) is 11.9 Å². The van der Waals surface area contributed by atoms with E-state index < -0.39 is 6.17 Å². The Kier molecular flexibility index (Phi) is 13.2. The molecule has 2 heterocycles. The van der Waals surface area contributed by atoms with Gasteiger partial charge in [0.2, 0.25) is 11.5 Å². The SMILES string of the molecule is COc1cc(C2NC(=O)c3cc(Cl)ccc3N2)ccc1OCCCCCCCOc1c(OC)cc(-c2cc(-c3cc(OC)c(OC)c(OC)c3)on2)cc1OC. The van der Waals surface area contributed by atoms with Crippen molar-refractivity contribution in [1.82, 2.24) is 10.5 Å². The lowest BCUT2D eigenvalue weighted by Crippen LogP contribution is -2.38. The molecule has 6 rings (SSSR count). The summed E-state index contributed by atoms with van der Waals surface area (Å²) in [6.07, 6.45) is 4.33. The highest BCUT2D eigenvalue weighted by atomic mass is 35.5. The van der Waals surface area contributed by atoms with Crippen LogP contribution in [0.3, 0.4) is 0 Å². The zero-order valence-electron chi connectivity index (χ0n) is 32.3. The van der Waals surface area contributed by atoms with Crippen molar-refractivity contribution in [3.63, 3.8) is 0 Å². The van der Waals surface area contributed by atoms with E-state index in [9.17, 15) is 4.79 Å². The number of aromatic nitrogens is 1. The molecule has 1 aliphatic heterocycles. The molecular weight excluding hydrogens is 742 g/mol. The van der Waals surface area contributed by atoms with Crippen LogP contribution in [-0.4, -0.2) is 66.9 Å². The third-order valence-electron chi connectivity index (χ3n) is 9.33. The van der Waals surface area contributed by atoms with Crippen LogP contribution in [0, 0.1) is 0 Å². The van der Waals surface area contributed by atoms with Crippen molar-refractivity contribution in [3.8, 4) is 68.6 Å². The largest absolute Gasteiger partial charge is 0.493 e. The van der Waals surface area contributed by atoms with Gasteiger partial charge in [0.05, 0.1) is 61.4 Å². The van der Waals surface area contributed by atoms with Gasteiger partial charge in [0.25, 0.3) is 5.91 Å². The Hall–Kier alpha value is -5.95. The number of fused-ring (bicyclic) bond motifs is 1. The number of methoxy groups -OCH3 is 6. The zero-order valence-corrected chi connectivity index (χ0v) is 33.0. The first-order valence-electron chi connectivity index (χ1n) is 18.1. The molecule has 296 valence electrons. The van der Waals surface area contributed by atoms with Crippen LogP contribution in [0.5, 0.6) is 46.0 Å². The van der Waals surface area contributed by atoms with Crippen LogP contribution in [0.2, 0.25) is 5.02 Å². The van der Waals surface area contributed by atoms with Gasteiger partial charge in [-0.25, -0.2) is 0 Å². The second kappa shape index (κ2) is 18.6. The molecule has 0 fully saturated rings. The molecule has 0 radical (unpaired) electrons. The molecule has 1 amide bonds. The summed E-state index contributed by atoms with van der Waals surface area (Å²) in [6.45, 7) is 1.05. The maximum atomic E-state index is 12.7. The summed E-state index contributed by atoms with van der Waals surface area (Å²) in [6, 6.07) is 20.0. The van der Waals surface area contributed by atoms with Crippen LogP contribution in [0.25, 0.3) is 22.6 Å². The summed E-state index contributed by atoms with van der Waals surface area (Å²) in [5.74, 6) is 4.63. The lowest BCUT2D eigenvalue weighted by molar-refractivity contribution is 0.0935. The van der Waals surface area contributed by atoms with Gasteiger partial charge in [-0.15, -0.1) is 0 Å². The molecule has 0 saturated carbocycles. The van der Waals surface area contributed by atoms with Gasteiger partial charge >= 0.3 is 0 Å². The van der Waals surface area contributed by atoms with E-state index >= 15 is 0 Å². The van der Waals surface area contributed by atoms with E-state index in [-0.39, 0.29) is 5.91 Å². The van der Waals surface area contributed by atoms with E-state index in [1.54, 1.807) is 73.0 Å². The Morgan fingerprint density at radius 2 is 1.21 bits per heavy atom. The van der Waals surface area contributed by atoms with Gasteiger partial charge in [-0.3, -0.25) is 4.79 Å². The topological polar surface area (TPSA) is 141 Å².